The van der Waals surface area contributed by atoms with Gasteiger partial charge in [0, 0.05) is 12.0 Å². The van der Waals surface area contributed by atoms with E-state index in [9.17, 15) is 24.3 Å². The van der Waals surface area contributed by atoms with E-state index in [2.05, 4.69) is 13.2 Å². The molecule has 0 spiro atoms. The van der Waals surface area contributed by atoms with Gasteiger partial charge in [0.15, 0.2) is 5.78 Å². The van der Waals surface area contributed by atoms with Gasteiger partial charge in [-0.3, -0.25) is 4.79 Å². The number of rotatable bonds is 11. The smallest absolute Gasteiger partial charge is 0.339 e. The second-order valence-electron chi connectivity index (χ2n) is 6.35. The van der Waals surface area contributed by atoms with Crippen LogP contribution in [-0.2, 0) is 19.1 Å². The van der Waals surface area contributed by atoms with Crippen LogP contribution >= 0.6 is 0 Å². The van der Waals surface area contributed by atoms with Crippen molar-refractivity contribution in [3.8, 4) is 0 Å². The van der Waals surface area contributed by atoms with E-state index in [-0.39, 0.29) is 41.9 Å². The zero-order chi connectivity index (χ0) is 21.3. The molecule has 0 aliphatic carbocycles. The van der Waals surface area contributed by atoms with E-state index in [4.69, 9.17) is 9.47 Å². The molecule has 0 heterocycles. The van der Waals surface area contributed by atoms with Crippen LogP contribution in [0.3, 0.4) is 0 Å². The Kier molecular flexibility index (Phi) is 8.81. The van der Waals surface area contributed by atoms with Gasteiger partial charge < -0.3 is 14.6 Å². The topological polar surface area (TPSA) is 107 Å². The first-order chi connectivity index (χ1) is 13.1. The second kappa shape index (κ2) is 10.8. The number of ether oxygens (including phenoxy) is 2. The monoisotopic (exact) mass is 388 g/mol. The predicted octanol–water partition coefficient (Wildman–Crippen LogP) is 3.35. The fraction of sp³-hybridized carbons (Fsp3) is 0.333. The van der Waals surface area contributed by atoms with Crippen LogP contribution < -0.4 is 0 Å². The number of allylic oxidation sites excluding steroid dienone is 1. The Balaban J connectivity index is 2.85. The van der Waals surface area contributed by atoms with E-state index in [0.29, 0.717) is 12.0 Å². The fourth-order valence-corrected chi connectivity index (χ4v) is 2.23. The lowest BCUT2D eigenvalue weighted by molar-refractivity contribution is -0.142. The van der Waals surface area contributed by atoms with Gasteiger partial charge in [0.25, 0.3) is 0 Å². The molecule has 0 aliphatic heterocycles. The summed E-state index contributed by atoms with van der Waals surface area (Å²) in [7, 11) is 0. The fourth-order valence-electron chi connectivity index (χ4n) is 2.23. The van der Waals surface area contributed by atoms with Crippen molar-refractivity contribution in [2.24, 2.45) is 0 Å². The predicted molar refractivity (Wildman–Crippen MR) is 102 cm³/mol. The quantitative estimate of drug-likeness (QED) is 0.457. The average molecular weight is 388 g/mol. The Morgan fingerprint density at radius 3 is 2.18 bits per heavy atom. The molecule has 7 heteroatoms. The number of carbonyl (C=O) groups is 4. The highest BCUT2D eigenvalue weighted by Crippen LogP contribution is 2.15. The van der Waals surface area contributed by atoms with Gasteiger partial charge in [0.2, 0.25) is 0 Å². The van der Waals surface area contributed by atoms with Gasteiger partial charge in [-0.05, 0) is 44.4 Å². The normalized spacial score (nSPS) is 11.2. The molecule has 1 N–H and O–H groups in total. The van der Waals surface area contributed by atoms with Gasteiger partial charge in [0.1, 0.15) is 12.7 Å². The number of benzene rings is 1. The maximum Gasteiger partial charge on any atom is 0.339 e. The van der Waals surface area contributed by atoms with Crippen LogP contribution in [0.4, 0.5) is 0 Å². The molecule has 150 valence electrons. The molecule has 1 aromatic rings. The van der Waals surface area contributed by atoms with Crippen molar-refractivity contribution >= 4 is 23.7 Å². The number of hydrogen-bond acceptors (Lipinski definition) is 6. The summed E-state index contributed by atoms with van der Waals surface area (Å²) in [4.78, 5) is 47.0. The van der Waals surface area contributed by atoms with Gasteiger partial charge in [-0.1, -0.05) is 25.3 Å². The molecule has 0 bridgehead atoms. The lowest BCUT2D eigenvalue weighted by Crippen LogP contribution is -2.26. The van der Waals surface area contributed by atoms with Crippen LogP contribution in [-0.4, -0.2) is 41.5 Å². The van der Waals surface area contributed by atoms with E-state index < -0.39 is 24.0 Å². The van der Waals surface area contributed by atoms with Crippen molar-refractivity contribution in [3.05, 3.63) is 59.7 Å². The number of carboxylic acid groups (broad SMARTS) is 1. The second-order valence-corrected chi connectivity index (χ2v) is 6.35. The van der Waals surface area contributed by atoms with Crippen molar-refractivity contribution in [1.29, 1.82) is 0 Å². The third-order valence-corrected chi connectivity index (χ3v) is 3.81. The molecule has 1 atom stereocenters. The lowest BCUT2D eigenvalue weighted by Gasteiger charge is -2.18. The minimum absolute atomic E-state index is 0.107. The number of esters is 2. The molecule has 1 aromatic carbocycles. The summed E-state index contributed by atoms with van der Waals surface area (Å²) in [5.74, 6) is -2.85. The van der Waals surface area contributed by atoms with Crippen molar-refractivity contribution in [2.75, 3.05) is 6.61 Å². The van der Waals surface area contributed by atoms with Crippen LogP contribution in [0.15, 0.2) is 48.6 Å². The Morgan fingerprint density at radius 2 is 1.64 bits per heavy atom. The summed E-state index contributed by atoms with van der Waals surface area (Å²) in [6.45, 7) is 9.92. The molecule has 7 nitrogen and oxygen atoms in total. The number of Topliss-reactive ketones (excluding diaryl/α,β-unsaturated/α-hetero) is 1. The van der Waals surface area contributed by atoms with E-state index in [1.165, 1.54) is 31.2 Å². The molecule has 0 aliphatic rings. The molecule has 0 radical (unpaired) electrons. The molecule has 0 amide bonds. The van der Waals surface area contributed by atoms with Crippen molar-refractivity contribution in [3.63, 3.8) is 0 Å². The van der Waals surface area contributed by atoms with E-state index >= 15 is 0 Å². The Hall–Kier alpha value is -3.22. The third kappa shape index (κ3) is 7.19. The molecular formula is C21H24O7. The summed E-state index contributed by atoms with van der Waals surface area (Å²) in [6, 6.07) is 5.65. The number of hydrogen-bond donors (Lipinski definition) is 1. The maximum absolute atomic E-state index is 12.4. The van der Waals surface area contributed by atoms with Gasteiger partial charge in [-0.15, -0.1) is 0 Å². The highest BCUT2D eigenvalue weighted by molar-refractivity contribution is 6.02. The van der Waals surface area contributed by atoms with Gasteiger partial charge in [0.05, 0.1) is 11.1 Å². The van der Waals surface area contributed by atoms with Gasteiger partial charge in [-0.25, -0.2) is 14.4 Å². The van der Waals surface area contributed by atoms with E-state index in [0.717, 1.165) is 0 Å². The molecule has 0 fully saturated rings. The van der Waals surface area contributed by atoms with Crippen LogP contribution in [0.25, 0.3) is 0 Å². The third-order valence-electron chi connectivity index (χ3n) is 3.81. The molecule has 0 saturated heterocycles. The number of ketones is 1. The average Bonchev–Trinajstić information content (AvgIpc) is 2.64. The van der Waals surface area contributed by atoms with Gasteiger partial charge in [-0.2, -0.15) is 0 Å². The van der Waals surface area contributed by atoms with Crippen LogP contribution in [0.5, 0.6) is 0 Å². The highest BCUT2D eigenvalue weighted by Gasteiger charge is 2.22. The molecule has 28 heavy (non-hydrogen) atoms. The molecule has 0 saturated carbocycles. The Labute approximate surface area is 163 Å². The summed E-state index contributed by atoms with van der Waals surface area (Å²) in [5, 5.41) is 9.21. The largest absolute Gasteiger partial charge is 0.478 e. The van der Waals surface area contributed by atoms with Crippen molar-refractivity contribution in [1.82, 2.24) is 0 Å². The van der Waals surface area contributed by atoms with Crippen molar-refractivity contribution < 1.29 is 33.8 Å². The molecule has 0 aromatic heterocycles. The Bertz CT molecular complexity index is 792. The summed E-state index contributed by atoms with van der Waals surface area (Å²) >= 11 is 0. The standard InChI is InChI=1S/C21H24O7/c1-13(2)18(22)11-7-8-15(12-27-20(25)14(3)4)28-21(26)17-10-6-5-9-16(17)19(23)24/h5-6,9-10,15H,1,3,7-8,11-12H2,2,4H3,(H,23,24). The van der Waals surface area contributed by atoms with E-state index in [1.807, 2.05) is 0 Å². The SMILES string of the molecule is C=C(C)C(=O)CCCC(COC(=O)C(=C)C)OC(=O)c1ccccc1C(=O)O. The van der Waals surface area contributed by atoms with Crippen LogP contribution in [0.1, 0.15) is 53.8 Å². The number of carbonyl (C=O) groups excluding carboxylic acids is 3. The lowest BCUT2D eigenvalue weighted by atomic mass is 10.1. The summed E-state index contributed by atoms with van der Waals surface area (Å²) in [5.41, 5.74) is 0.322. The molecule has 1 rings (SSSR count). The minimum atomic E-state index is -1.26. The first-order valence-corrected chi connectivity index (χ1v) is 8.68. The molecule has 1 unspecified atom stereocenters. The summed E-state index contributed by atoms with van der Waals surface area (Å²) < 4.78 is 10.4. The number of aromatic carboxylic acids is 1. The maximum atomic E-state index is 12.4. The van der Waals surface area contributed by atoms with Crippen molar-refractivity contribution in [2.45, 2.75) is 39.2 Å². The van der Waals surface area contributed by atoms with Crippen LogP contribution in [0.2, 0.25) is 0 Å². The highest BCUT2D eigenvalue weighted by atomic mass is 16.6. The zero-order valence-electron chi connectivity index (χ0n) is 16.0. The summed E-state index contributed by atoms with van der Waals surface area (Å²) in [6.07, 6.45) is 0.0116. The minimum Gasteiger partial charge on any atom is -0.478 e. The van der Waals surface area contributed by atoms with Crippen LogP contribution in [0, 0.1) is 0 Å². The zero-order valence-corrected chi connectivity index (χ0v) is 16.0. The number of carboxylic acids is 1. The molecular weight excluding hydrogens is 364 g/mol. The van der Waals surface area contributed by atoms with Gasteiger partial charge >= 0.3 is 17.9 Å². The van der Waals surface area contributed by atoms with E-state index in [1.54, 1.807) is 6.92 Å². The first kappa shape index (κ1) is 22.8. The Morgan fingerprint density at radius 1 is 1.04 bits per heavy atom. The first-order valence-electron chi connectivity index (χ1n) is 8.68.